The summed E-state index contributed by atoms with van der Waals surface area (Å²) in [6, 6.07) is 5.41. The molecule has 0 aliphatic carbocycles. The van der Waals surface area contributed by atoms with Gasteiger partial charge in [0.25, 0.3) is 0 Å². The first kappa shape index (κ1) is 17.3. The van der Waals surface area contributed by atoms with Gasteiger partial charge in [0.2, 0.25) is 5.91 Å². The van der Waals surface area contributed by atoms with Crippen LogP contribution in [-0.2, 0) is 20.9 Å². The van der Waals surface area contributed by atoms with Crippen molar-refractivity contribution in [3.05, 3.63) is 42.0 Å². The second-order valence-electron chi connectivity index (χ2n) is 5.86. The van der Waals surface area contributed by atoms with Gasteiger partial charge in [-0.05, 0) is 17.7 Å². The first-order valence-corrected chi connectivity index (χ1v) is 7.82. The number of ether oxygens (including phenoxy) is 2. The molecule has 0 saturated carbocycles. The van der Waals surface area contributed by atoms with E-state index in [1.807, 2.05) is 4.90 Å². The van der Waals surface area contributed by atoms with E-state index >= 15 is 0 Å². The SMILES string of the molecule is COC(=O)C1C=CCN1C(=O)C1CN1Cc1cccc(OC(F)F)c1. The summed E-state index contributed by atoms with van der Waals surface area (Å²) in [4.78, 5) is 27.7. The molecular weight excluding hydrogens is 334 g/mol. The average molecular weight is 352 g/mol. The molecule has 0 bridgehead atoms. The predicted molar refractivity (Wildman–Crippen MR) is 83.9 cm³/mol. The molecule has 1 amide bonds. The maximum Gasteiger partial charge on any atom is 0.387 e. The molecule has 3 atom stereocenters. The number of amides is 1. The summed E-state index contributed by atoms with van der Waals surface area (Å²) < 4.78 is 33.6. The minimum Gasteiger partial charge on any atom is -0.467 e. The zero-order chi connectivity index (χ0) is 18.0. The van der Waals surface area contributed by atoms with E-state index in [0.29, 0.717) is 19.6 Å². The van der Waals surface area contributed by atoms with E-state index in [1.54, 1.807) is 24.3 Å². The van der Waals surface area contributed by atoms with Gasteiger partial charge in [0.05, 0.1) is 7.11 Å². The van der Waals surface area contributed by atoms with Gasteiger partial charge < -0.3 is 14.4 Å². The van der Waals surface area contributed by atoms with Gasteiger partial charge in [-0.25, -0.2) is 4.79 Å². The van der Waals surface area contributed by atoms with E-state index in [2.05, 4.69) is 4.74 Å². The molecule has 0 N–H and O–H groups in total. The van der Waals surface area contributed by atoms with Crippen molar-refractivity contribution in [2.45, 2.75) is 25.2 Å². The van der Waals surface area contributed by atoms with Crippen molar-refractivity contribution in [3.63, 3.8) is 0 Å². The van der Waals surface area contributed by atoms with Crippen LogP contribution < -0.4 is 4.74 Å². The van der Waals surface area contributed by atoms with Crippen molar-refractivity contribution in [3.8, 4) is 5.75 Å². The van der Waals surface area contributed by atoms with Crippen LogP contribution in [0.1, 0.15) is 5.56 Å². The van der Waals surface area contributed by atoms with E-state index in [0.717, 1.165) is 5.56 Å². The Morgan fingerprint density at radius 3 is 2.88 bits per heavy atom. The largest absolute Gasteiger partial charge is 0.467 e. The normalized spacial score (nSPS) is 24.5. The lowest BCUT2D eigenvalue weighted by Gasteiger charge is -2.22. The van der Waals surface area contributed by atoms with E-state index in [4.69, 9.17) is 4.74 Å². The average Bonchev–Trinajstić information content (AvgIpc) is 3.16. The van der Waals surface area contributed by atoms with Crippen molar-refractivity contribution in [2.24, 2.45) is 0 Å². The summed E-state index contributed by atoms with van der Waals surface area (Å²) in [5.41, 5.74) is 0.775. The number of hydrogen-bond donors (Lipinski definition) is 0. The molecule has 1 aromatic carbocycles. The third kappa shape index (κ3) is 3.96. The van der Waals surface area contributed by atoms with E-state index in [-0.39, 0.29) is 17.7 Å². The molecule has 25 heavy (non-hydrogen) atoms. The Labute approximate surface area is 143 Å². The van der Waals surface area contributed by atoms with Crippen molar-refractivity contribution in [1.82, 2.24) is 9.80 Å². The molecule has 3 unspecified atom stereocenters. The number of halogens is 2. The Hall–Kier alpha value is -2.48. The lowest BCUT2D eigenvalue weighted by atomic mass is 10.2. The lowest BCUT2D eigenvalue weighted by Crippen LogP contribution is -2.44. The van der Waals surface area contributed by atoms with Gasteiger partial charge >= 0.3 is 12.6 Å². The molecule has 134 valence electrons. The smallest absolute Gasteiger partial charge is 0.387 e. The van der Waals surface area contributed by atoms with Gasteiger partial charge in [-0.1, -0.05) is 24.3 Å². The fourth-order valence-corrected chi connectivity index (χ4v) is 2.90. The topological polar surface area (TPSA) is 58.8 Å². The maximum atomic E-state index is 12.6. The molecule has 0 aromatic heterocycles. The maximum absolute atomic E-state index is 12.6. The van der Waals surface area contributed by atoms with E-state index in [1.165, 1.54) is 24.1 Å². The summed E-state index contributed by atoms with van der Waals surface area (Å²) in [7, 11) is 1.29. The Morgan fingerprint density at radius 1 is 1.36 bits per heavy atom. The van der Waals surface area contributed by atoms with Crippen LogP contribution in [0.15, 0.2) is 36.4 Å². The molecule has 8 heteroatoms. The van der Waals surface area contributed by atoms with Crippen molar-refractivity contribution >= 4 is 11.9 Å². The Balaban J connectivity index is 1.58. The van der Waals surface area contributed by atoms with E-state index in [9.17, 15) is 18.4 Å². The van der Waals surface area contributed by atoms with Gasteiger partial charge in [-0.2, -0.15) is 8.78 Å². The Kier molecular flexibility index (Phi) is 4.98. The highest BCUT2D eigenvalue weighted by molar-refractivity contribution is 5.91. The Morgan fingerprint density at radius 2 is 2.16 bits per heavy atom. The monoisotopic (exact) mass is 352 g/mol. The molecular formula is C17H18F2N2O4. The number of carbonyl (C=O) groups is 2. The molecule has 2 aliphatic heterocycles. The minimum absolute atomic E-state index is 0.0896. The summed E-state index contributed by atoms with van der Waals surface area (Å²) in [6.07, 6.45) is 3.42. The number of carbonyl (C=O) groups excluding carboxylic acids is 2. The molecule has 2 heterocycles. The van der Waals surface area contributed by atoms with Crippen LogP contribution >= 0.6 is 0 Å². The van der Waals surface area contributed by atoms with Gasteiger partial charge in [-0.15, -0.1) is 0 Å². The number of methoxy groups -OCH3 is 1. The summed E-state index contributed by atoms with van der Waals surface area (Å²) in [6.45, 7) is -1.49. The zero-order valence-electron chi connectivity index (χ0n) is 13.6. The second-order valence-corrected chi connectivity index (χ2v) is 5.86. The molecule has 2 aliphatic rings. The third-order valence-electron chi connectivity index (χ3n) is 4.19. The summed E-state index contributed by atoms with van der Waals surface area (Å²) in [5, 5.41) is 0. The molecule has 1 saturated heterocycles. The van der Waals surface area contributed by atoms with Crippen LogP contribution in [0.4, 0.5) is 8.78 Å². The van der Waals surface area contributed by atoms with Crippen molar-refractivity contribution < 1.29 is 27.8 Å². The number of nitrogens with zero attached hydrogens (tertiary/aromatic N) is 2. The molecule has 0 radical (unpaired) electrons. The predicted octanol–water partition coefficient (Wildman–Crippen LogP) is 1.41. The number of rotatable bonds is 6. The van der Waals surface area contributed by atoms with Gasteiger partial charge in [0, 0.05) is 19.6 Å². The first-order valence-electron chi connectivity index (χ1n) is 7.82. The summed E-state index contributed by atoms with van der Waals surface area (Å²) >= 11 is 0. The third-order valence-corrected chi connectivity index (χ3v) is 4.19. The standard InChI is InChI=1S/C17H18F2N2O4/c1-24-16(23)13-6-3-7-21(13)15(22)14-10-20(14)9-11-4-2-5-12(8-11)25-17(18)19/h2-6,8,13-14,17H,7,9-10H2,1H3. The summed E-state index contributed by atoms with van der Waals surface area (Å²) in [5.74, 6) is -0.516. The zero-order valence-corrected chi connectivity index (χ0v) is 13.6. The van der Waals surface area contributed by atoms with Crippen LogP contribution in [0.25, 0.3) is 0 Å². The van der Waals surface area contributed by atoms with Crippen LogP contribution in [0.3, 0.4) is 0 Å². The fourth-order valence-electron chi connectivity index (χ4n) is 2.90. The van der Waals surface area contributed by atoms with Crippen molar-refractivity contribution in [1.29, 1.82) is 0 Å². The minimum atomic E-state index is -2.87. The first-order chi connectivity index (χ1) is 12.0. The van der Waals surface area contributed by atoms with Crippen LogP contribution in [0.2, 0.25) is 0 Å². The lowest BCUT2D eigenvalue weighted by molar-refractivity contribution is -0.149. The number of esters is 1. The quantitative estimate of drug-likeness (QED) is 0.440. The van der Waals surface area contributed by atoms with E-state index < -0.39 is 18.6 Å². The van der Waals surface area contributed by atoms with Crippen molar-refractivity contribution in [2.75, 3.05) is 20.2 Å². The van der Waals surface area contributed by atoms with Crippen LogP contribution in [0, 0.1) is 0 Å². The van der Waals surface area contributed by atoms with Crippen LogP contribution in [-0.4, -0.2) is 60.6 Å². The van der Waals surface area contributed by atoms with Gasteiger partial charge in [0.15, 0.2) is 0 Å². The molecule has 3 rings (SSSR count). The number of hydrogen-bond acceptors (Lipinski definition) is 5. The highest BCUT2D eigenvalue weighted by Gasteiger charge is 2.45. The van der Waals surface area contributed by atoms with Crippen LogP contribution in [0.5, 0.6) is 5.75 Å². The number of alkyl halides is 2. The molecule has 0 spiro atoms. The van der Waals surface area contributed by atoms with Gasteiger partial charge in [-0.3, -0.25) is 9.69 Å². The highest BCUT2D eigenvalue weighted by atomic mass is 19.3. The van der Waals surface area contributed by atoms with Gasteiger partial charge in [0.1, 0.15) is 17.8 Å². The Bertz CT molecular complexity index is 695. The molecule has 6 nitrogen and oxygen atoms in total. The number of benzene rings is 1. The molecule has 1 fully saturated rings. The highest BCUT2D eigenvalue weighted by Crippen LogP contribution is 2.27. The molecule has 1 aromatic rings. The second kappa shape index (κ2) is 7.18. The fraction of sp³-hybridized carbons (Fsp3) is 0.412.